The first-order valence-corrected chi connectivity index (χ1v) is 16.6. The Morgan fingerprint density at radius 1 is 0.935 bits per heavy atom. The lowest BCUT2D eigenvalue weighted by atomic mass is 10.0. The fourth-order valence-electron chi connectivity index (χ4n) is 5.72. The third kappa shape index (κ3) is 6.92. The average Bonchev–Trinajstić information content (AvgIpc) is 3.50. The summed E-state index contributed by atoms with van der Waals surface area (Å²) in [6.07, 6.45) is 0.266. The molecule has 0 aliphatic carbocycles. The first kappa shape index (κ1) is 32.7. The number of hydrogen-bond donors (Lipinski definition) is 0. The number of carbonyl (C=O) groups excluding carboxylic acids is 2. The van der Waals surface area contributed by atoms with Crippen LogP contribution in [0.4, 0.5) is 4.39 Å². The molecule has 1 heterocycles. The van der Waals surface area contributed by atoms with Gasteiger partial charge in [0.25, 0.3) is 11.8 Å². The molecule has 8 nitrogen and oxygen atoms in total. The maximum atomic E-state index is 15.0. The van der Waals surface area contributed by atoms with E-state index in [1.54, 1.807) is 55.4 Å². The van der Waals surface area contributed by atoms with E-state index in [2.05, 4.69) is 0 Å². The molecule has 0 spiro atoms. The van der Waals surface area contributed by atoms with E-state index in [1.165, 1.54) is 36.3 Å². The number of ether oxygens (including phenoxy) is 2. The van der Waals surface area contributed by atoms with Crippen molar-refractivity contribution in [2.45, 2.75) is 37.0 Å². The van der Waals surface area contributed by atoms with Crippen molar-refractivity contribution in [2.24, 2.45) is 0 Å². The monoisotopic (exact) mass is 644 g/mol. The zero-order valence-electron chi connectivity index (χ0n) is 26.5. The summed E-state index contributed by atoms with van der Waals surface area (Å²) in [5.41, 5.74) is 4.13. The van der Waals surface area contributed by atoms with Crippen molar-refractivity contribution in [1.29, 1.82) is 0 Å². The molecule has 2 amide bonds. The molecule has 1 fully saturated rings. The predicted molar refractivity (Wildman–Crippen MR) is 175 cm³/mol. The first-order chi connectivity index (χ1) is 21.9. The largest absolute Gasteiger partial charge is 0.495 e. The highest BCUT2D eigenvalue weighted by Gasteiger charge is 2.30. The second-order valence-corrected chi connectivity index (χ2v) is 13.7. The zero-order chi connectivity index (χ0) is 33.2. The molecule has 0 unspecified atom stereocenters. The Bertz CT molecular complexity index is 1890. The fourth-order valence-corrected chi connectivity index (χ4v) is 7.27. The van der Waals surface area contributed by atoms with Crippen LogP contribution in [-0.2, 0) is 15.6 Å². The summed E-state index contributed by atoms with van der Waals surface area (Å²) in [7, 11) is 0.582. The normalized spacial score (nSPS) is 14.7. The molecule has 1 saturated heterocycles. The van der Waals surface area contributed by atoms with Gasteiger partial charge in [0.05, 0.1) is 19.4 Å². The number of likely N-dealkylation sites (tertiary alicyclic amines) is 1. The van der Waals surface area contributed by atoms with E-state index >= 15 is 4.39 Å². The van der Waals surface area contributed by atoms with E-state index in [0.717, 1.165) is 11.1 Å². The molecule has 4 aromatic carbocycles. The number of halogens is 1. The van der Waals surface area contributed by atoms with Gasteiger partial charge in [-0.05, 0) is 78.6 Å². The number of aryl methyl sites for hydroxylation is 2. The van der Waals surface area contributed by atoms with Crippen LogP contribution in [0, 0.1) is 19.7 Å². The Labute approximate surface area is 269 Å². The lowest BCUT2D eigenvalue weighted by Gasteiger charge is -2.20. The third-order valence-corrected chi connectivity index (χ3v) is 9.82. The minimum Gasteiger partial charge on any atom is -0.495 e. The lowest BCUT2D eigenvalue weighted by Crippen LogP contribution is -2.31. The SMILES string of the molecule is COc1ccc(-c2cccc(C(=O)N(C)C)c2)cc1S(=O)(=O)Cc1cc(O[C@H]2CCN(C(=O)c3c(C)cccc3C)C2)ccc1F. The Morgan fingerprint density at radius 2 is 1.63 bits per heavy atom. The summed E-state index contributed by atoms with van der Waals surface area (Å²) in [5.74, 6) is -1.10. The molecule has 1 atom stereocenters. The van der Waals surface area contributed by atoms with Crippen LogP contribution in [0.2, 0.25) is 0 Å². The maximum Gasteiger partial charge on any atom is 0.254 e. The van der Waals surface area contributed by atoms with Crippen molar-refractivity contribution in [3.05, 3.63) is 112 Å². The topological polar surface area (TPSA) is 93.2 Å². The van der Waals surface area contributed by atoms with Gasteiger partial charge in [0.2, 0.25) is 0 Å². The van der Waals surface area contributed by atoms with Gasteiger partial charge in [-0.25, -0.2) is 12.8 Å². The van der Waals surface area contributed by atoms with Crippen molar-refractivity contribution in [3.63, 3.8) is 0 Å². The molecule has 10 heteroatoms. The number of nitrogens with zero attached hydrogens (tertiary/aromatic N) is 2. The molecule has 5 rings (SSSR count). The molecule has 0 bridgehead atoms. The Hall–Kier alpha value is -4.70. The molecule has 4 aromatic rings. The van der Waals surface area contributed by atoms with Gasteiger partial charge in [-0.15, -0.1) is 0 Å². The standard InChI is InChI=1S/C36H37FN2O6S/c1-23-8-6-9-24(2)34(23)36(41)39-17-16-30(21-39)45-29-13-14-31(37)28(19-29)22-46(42,43)33-20-26(12-15-32(33)44-5)25-10-7-11-27(18-25)35(40)38(3)4/h6-15,18-20,30H,16-17,21-22H2,1-5H3/t30-/m0/s1. The van der Waals surface area contributed by atoms with Gasteiger partial charge in [-0.3, -0.25) is 9.59 Å². The summed E-state index contributed by atoms with van der Waals surface area (Å²) in [5, 5.41) is 0. The number of carbonyl (C=O) groups is 2. The van der Waals surface area contributed by atoms with Crippen molar-refractivity contribution >= 4 is 21.7 Å². The quantitative estimate of drug-likeness (QED) is 0.219. The molecule has 1 aliphatic heterocycles. The van der Waals surface area contributed by atoms with E-state index in [9.17, 15) is 18.0 Å². The lowest BCUT2D eigenvalue weighted by molar-refractivity contribution is 0.0770. The number of rotatable bonds is 9. The summed E-state index contributed by atoms with van der Waals surface area (Å²) >= 11 is 0. The number of hydrogen-bond acceptors (Lipinski definition) is 6. The van der Waals surface area contributed by atoms with Crippen molar-refractivity contribution in [1.82, 2.24) is 9.80 Å². The Morgan fingerprint density at radius 3 is 2.33 bits per heavy atom. The van der Waals surface area contributed by atoms with Crippen LogP contribution in [0.5, 0.6) is 11.5 Å². The average molecular weight is 645 g/mol. The number of amides is 2. The van der Waals surface area contributed by atoms with E-state index in [0.29, 0.717) is 47.5 Å². The van der Waals surface area contributed by atoms with Crippen LogP contribution < -0.4 is 9.47 Å². The molecule has 240 valence electrons. The van der Waals surface area contributed by atoms with Gasteiger partial charge in [0.15, 0.2) is 9.84 Å². The minimum absolute atomic E-state index is 0.0509. The molecule has 0 aromatic heterocycles. The molecule has 0 N–H and O–H groups in total. The van der Waals surface area contributed by atoms with Gasteiger partial charge in [0, 0.05) is 43.8 Å². The number of sulfone groups is 1. The van der Waals surface area contributed by atoms with Gasteiger partial charge < -0.3 is 19.3 Å². The molecule has 0 radical (unpaired) electrons. The highest BCUT2D eigenvalue weighted by Crippen LogP contribution is 2.33. The third-order valence-electron chi connectivity index (χ3n) is 8.14. The van der Waals surface area contributed by atoms with Crippen LogP contribution in [0.15, 0.2) is 83.8 Å². The van der Waals surface area contributed by atoms with Gasteiger partial charge >= 0.3 is 0 Å². The predicted octanol–water partition coefficient (Wildman–Crippen LogP) is 6.09. The highest BCUT2D eigenvalue weighted by molar-refractivity contribution is 7.90. The second-order valence-electron chi connectivity index (χ2n) is 11.7. The van der Waals surface area contributed by atoms with E-state index in [-0.39, 0.29) is 34.1 Å². The second kappa shape index (κ2) is 13.3. The van der Waals surface area contributed by atoms with E-state index in [1.807, 2.05) is 32.0 Å². The van der Waals surface area contributed by atoms with Crippen LogP contribution in [0.1, 0.15) is 43.8 Å². The smallest absolute Gasteiger partial charge is 0.254 e. The fraction of sp³-hybridized carbons (Fsp3) is 0.278. The van der Waals surface area contributed by atoms with Crippen molar-refractivity contribution < 1.29 is 31.9 Å². The van der Waals surface area contributed by atoms with Gasteiger partial charge in [0.1, 0.15) is 28.3 Å². The zero-order valence-corrected chi connectivity index (χ0v) is 27.4. The Balaban J connectivity index is 1.35. The number of methoxy groups -OCH3 is 1. The van der Waals surface area contributed by atoms with E-state index < -0.39 is 21.4 Å². The van der Waals surface area contributed by atoms with Crippen LogP contribution in [0.25, 0.3) is 11.1 Å². The highest BCUT2D eigenvalue weighted by atomic mass is 32.2. The van der Waals surface area contributed by atoms with Gasteiger partial charge in [-0.1, -0.05) is 36.4 Å². The number of benzene rings is 4. The maximum absolute atomic E-state index is 15.0. The first-order valence-electron chi connectivity index (χ1n) is 14.9. The molecular formula is C36H37FN2O6S. The van der Waals surface area contributed by atoms with Crippen molar-refractivity contribution in [2.75, 3.05) is 34.3 Å². The molecular weight excluding hydrogens is 607 g/mol. The van der Waals surface area contributed by atoms with Crippen molar-refractivity contribution in [3.8, 4) is 22.6 Å². The molecule has 0 saturated carbocycles. The van der Waals surface area contributed by atoms with Crippen LogP contribution in [0.3, 0.4) is 0 Å². The minimum atomic E-state index is -4.10. The summed E-state index contributed by atoms with van der Waals surface area (Å²) < 4.78 is 54.0. The van der Waals surface area contributed by atoms with Crippen LogP contribution in [-0.4, -0.2) is 70.4 Å². The van der Waals surface area contributed by atoms with Crippen LogP contribution >= 0.6 is 0 Å². The summed E-state index contributed by atoms with van der Waals surface area (Å²) in [6.45, 7) is 4.71. The molecule has 46 heavy (non-hydrogen) atoms. The summed E-state index contributed by atoms with van der Waals surface area (Å²) in [6, 6.07) is 21.4. The Kier molecular flexibility index (Phi) is 9.48. The van der Waals surface area contributed by atoms with E-state index in [4.69, 9.17) is 9.47 Å². The summed E-state index contributed by atoms with van der Waals surface area (Å²) in [4.78, 5) is 28.9. The molecule has 1 aliphatic rings. The van der Waals surface area contributed by atoms with Gasteiger partial charge in [-0.2, -0.15) is 0 Å².